The first-order valence-electron chi connectivity index (χ1n) is 14.8. The van der Waals surface area contributed by atoms with Gasteiger partial charge < -0.3 is 39.1 Å². The van der Waals surface area contributed by atoms with Crippen molar-refractivity contribution in [3.8, 4) is 11.5 Å². The fraction of sp³-hybridized carbons (Fsp3) is 0.353. The summed E-state index contributed by atoms with van der Waals surface area (Å²) in [5.74, 6) is 1.68. The average molecular weight is 635 g/mol. The van der Waals surface area contributed by atoms with Crippen molar-refractivity contribution in [2.45, 2.75) is 20.5 Å². The smallest absolute Gasteiger partial charge is 0.119 e. The van der Waals surface area contributed by atoms with E-state index in [2.05, 4.69) is 59.2 Å². The van der Waals surface area contributed by atoms with Crippen LogP contribution in [0.5, 0.6) is 11.5 Å². The van der Waals surface area contributed by atoms with E-state index in [4.69, 9.17) is 28.4 Å². The largest absolute Gasteiger partial charge is 0.491 e. The fourth-order valence-electron chi connectivity index (χ4n) is 5.17. The van der Waals surface area contributed by atoms with Crippen LogP contribution in [-0.2, 0) is 18.9 Å². The van der Waals surface area contributed by atoms with Gasteiger partial charge in [0.15, 0.2) is 0 Å². The van der Waals surface area contributed by atoms with Gasteiger partial charge in [-0.2, -0.15) is 0 Å². The van der Waals surface area contributed by atoms with Crippen LogP contribution in [0.25, 0.3) is 10.8 Å². The number of nitrogens with one attached hydrogen (secondary N) is 2. The second-order valence-electron chi connectivity index (χ2n) is 10.3. The lowest BCUT2D eigenvalue weighted by molar-refractivity contribution is 0.0544. The van der Waals surface area contributed by atoms with Gasteiger partial charge in [-0.15, -0.1) is 0 Å². The number of thioether (sulfide) groups is 2. The number of hydrogen-bond acceptors (Lipinski definition) is 10. The van der Waals surface area contributed by atoms with Gasteiger partial charge in [0.2, 0.25) is 0 Å². The summed E-state index contributed by atoms with van der Waals surface area (Å²) < 4.78 is 32.6. The second kappa shape index (κ2) is 15.2. The van der Waals surface area contributed by atoms with Crippen molar-refractivity contribution in [1.29, 1.82) is 0 Å². The van der Waals surface area contributed by atoms with E-state index in [-0.39, 0.29) is 10.7 Å². The molecule has 0 radical (unpaired) electrons. The third kappa shape index (κ3) is 7.39. The van der Waals surface area contributed by atoms with Crippen LogP contribution in [0, 0.1) is 0 Å². The van der Waals surface area contributed by atoms with Crippen LogP contribution in [0.1, 0.15) is 21.9 Å². The molecule has 0 saturated carbocycles. The topological polar surface area (TPSA) is 79.4 Å². The quantitative estimate of drug-likeness (QED) is 0.122. The van der Waals surface area contributed by atoms with E-state index in [1.165, 1.54) is 31.7 Å². The van der Waals surface area contributed by atoms with Gasteiger partial charge in [0.25, 0.3) is 0 Å². The Balaban J connectivity index is 1.07. The van der Waals surface area contributed by atoms with Crippen LogP contribution < -0.4 is 20.1 Å². The number of ether oxygens (including phenoxy) is 6. The molecule has 2 unspecified atom stereocenters. The molecule has 2 aliphatic rings. The Labute approximate surface area is 267 Å². The van der Waals surface area contributed by atoms with E-state index < -0.39 is 0 Å². The normalized spacial score (nSPS) is 16.8. The lowest BCUT2D eigenvalue weighted by Crippen LogP contribution is -2.15. The Morgan fingerprint density at radius 3 is 1.32 bits per heavy atom. The molecule has 2 aliphatic heterocycles. The molecule has 2 heterocycles. The zero-order chi connectivity index (χ0) is 30.1. The van der Waals surface area contributed by atoms with Gasteiger partial charge in [-0.3, -0.25) is 0 Å². The molecule has 0 spiro atoms. The van der Waals surface area contributed by atoms with Gasteiger partial charge in [-0.1, -0.05) is 47.8 Å². The zero-order valence-corrected chi connectivity index (χ0v) is 26.6. The molecule has 232 valence electrons. The maximum absolute atomic E-state index is 5.84. The first kappa shape index (κ1) is 30.9. The molecule has 4 aromatic rings. The molecule has 44 heavy (non-hydrogen) atoms. The predicted molar refractivity (Wildman–Crippen MR) is 178 cm³/mol. The minimum atomic E-state index is 0.114. The number of hydrogen-bond donors (Lipinski definition) is 2. The van der Waals surface area contributed by atoms with Crippen molar-refractivity contribution in [2.24, 2.45) is 0 Å². The highest BCUT2D eigenvalue weighted by Crippen LogP contribution is 2.54. The highest BCUT2D eigenvalue weighted by Gasteiger charge is 2.28. The average Bonchev–Trinajstić information content (AvgIpc) is 3.07. The van der Waals surface area contributed by atoms with E-state index in [9.17, 15) is 0 Å². The van der Waals surface area contributed by atoms with Crippen LogP contribution in [0.15, 0.2) is 82.6 Å². The third-order valence-corrected chi connectivity index (χ3v) is 9.81. The standard InChI is InChI=1S/C34H38N2O6S2/c1-37-15-17-39-19-21-41-25-7-3-23(4-8-25)33-35-27-11-14-30-32-28(12-13-29(43-33)31(27)32)36-34(44-30)24-5-9-26(10-6-24)42-22-20-40-18-16-38-2/h3-14,33-36H,15-22H2,1-2H3. The lowest BCUT2D eigenvalue weighted by Gasteiger charge is -2.32. The van der Waals surface area contributed by atoms with Gasteiger partial charge in [-0.05, 0) is 59.7 Å². The minimum absolute atomic E-state index is 0.114. The second-order valence-corrected chi connectivity index (χ2v) is 12.6. The molecule has 2 atom stereocenters. The summed E-state index contributed by atoms with van der Waals surface area (Å²) in [7, 11) is 3.33. The number of anilines is 2. The lowest BCUT2D eigenvalue weighted by atomic mass is 10.0. The summed E-state index contributed by atoms with van der Waals surface area (Å²) in [6.07, 6.45) is 0. The van der Waals surface area contributed by atoms with Gasteiger partial charge in [0.05, 0.1) is 39.6 Å². The summed E-state index contributed by atoms with van der Waals surface area (Å²) in [6.45, 7) is 4.44. The van der Waals surface area contributed by atoms with Crippen LogP contribution in [0.2, 0.25) is 0 Å². The first-order chi connectivity index (χ1) is 21.7. The number of benzene rings is 4. The SMILES string of the molecule is COCCOCCOc1ccc(C2Nc3ccc4c5c(ccc(c35)S2)NC(c2ccc(OCCOCCOC)cc2)S4)cc1. The van der Waals surface area contributed by atoms with Crippen molar-refractivity contribution >= 4 is 45.7 Å². The van der Waals surface area contributed by atoms with Crippen LogP contribution >= 0.6 is 23.5 Å². The summed E-state index contributed by atoms with van der Waals surface area (Å²) in [6, 6.07) is 25.6. The van der Waals surface area contributed by atoms with E-state index in [1.54, 1.807) is 14.2 Å². The molecule has 0 amide bonds. The molecule has 0 saturated heterocycles. The Bertz CT molecular complexity index is 1350. The molecule has 0 bridgehead atoms. The van der Waals surface area contributed by atoms with Crippen molar-refractivity contribution in [1.82, 2.24) is 0 Å². The number of rotatable bonds is 16. The summed E-state index contributed by atoms with van der Waals surface area (Å²) in [4.78, 5) is 2.57. The maximum atomic E-state index is 5.84. The molecule has 0 aliphatic carbocycles. The molecule has 0 fully saturated rings. The third-order valence-electron chi connectivity index (χ3n) is 7.37. The molecule has 10 heteroatoms. The summed E-state index contributed by atoms with van der Waals surface area (Å²) in [5, 5.41) is 10.3. The fourth-order valence-corrected chi connectivity index (χ4v) is 7.59. The zero-order valence-electron chi connectivity index (χ0n) is 25.0. The first-order valence-corrected chi connectivity index (χ1v) is 16.5. The molecular weight excluding hydrogens is 597 g/mol. The maximum Gasteiger partial charge on any atom is 0.119 e. The van der Waals surface area contributed by atoms with E-state index in [0.717, 1.165) is 22.9 Å². The Kier molecular flexibility index (Phi) is 10.7. The molecule has 8 nitrogen and oxygen atoms in total. The Morgan fingerprint density at radius 1 is 0.500 bits per heavy atom. The summed E-state index contributed by atoms with van der Waals surface area (Å²) in [5.41, 5.74) is 4.73. The van der Waals surface area contributed by atoms with Crippen LogP contribution in [-0.4, -0.2) is 67.1 Å². The molecule has 2 N–H and O–H groups in total. The van der Waals surface area contributed by atoms with E-state index in [0.29, 0.717) is 52.9 Å². The van der Waals surface area contributed by atoms with Crippen molar-refractivity contribution in [2.75, 3.05) is 77.7 Å². The van der Waals surface area contributed by atoms with Crippen molar-refractivity contribution < 1.29 is 28.4 Å². The molecular formula is C34H38N2O6S2. The van der Waals surface area contributed by atoms with E-state index >= 15 is 0 Å². The van der Waals surface area contributed by atoms with Crippen molar-refractivity contribution in [3.05, 3.63) is 83.9 Å². The van der Waals surface area contributed by atoms with Gasteiger partial charge in [0.1, 0.15) is 35.5 Å². The number of methoxy groups -OCH3 is 2. The van der Waals surface area contributed by atoms with Gasteiger partial charge >= 0.3 is 0 Å². The van der Waals surface area contributed by atoms with Gasteiger partial charge in [-0.25, -0.2) is 0 Å². The molecule has 0 aromatic heterocycles. The van der Waals surface area contributed by atoms with E-state index in [1.807, 2.05) is 47.8 Å². The monoisotopic (exact) mass is 634 g/mol. The van der Waals surface area contributed by atoms with Crippen LogP contribution in [0.4, 0.5) is 11.4 Å². The molecule has 6 rings (SSSR count). The highest BCUT2D eigenvalue weighted by atomic mass is 32.2. The minimum Gasteiger partial charge on any atom is -0.491 e. The van der Waals surface area contributed by atoms with Crippen molar-refractivity contribution in [3.63, 3.8) is 0 Å². The van der Waals surface area contributed by atoms with Gasteiger partial charge in [0, 0.05) is 46.2 Å². The summed E-state index contributed by atoms with van der Waals surface area (Å²) >= 11 is 3.70. The van der Waals surface area contributed by atoms with Crippen LogP contribution in [0.3, 0.4) is 0 Å². The molecule has 4 aromatic carbocycles. The Morgan fingerprint density at radius 2 is 0.909 bits per heavy atom. The Hall–Kier alpha value is -3.12. The highest BCUT2D eigenvalue weighted by molar-refractivity contribution is 8.00. The predicted octanol–water partition coefficient (Wildman–Crippen LogP) is 7.36.